The van der Waals surface area contributed by atoms with Crippen LogP contribution in [-0.4, -0.2) is 38.4 Å². The number of fused-ring (bicyclic) bond motifs is 1. The van der Waals surface area contributed by atoms with Crippen LogP contribution in [0.25, 0.3) is 11.2 Å². The summed E-state index contributed by atoms with van der Waals surface area (Å²) in [5.41, 5.74) is 8.14. The number of carbonyl (C=O) groups is 1. The standard InChI is InChI=1S/C13H19N5O/c1-4-17(5-2)11(19)8-18-12-10(16-13(18)14)7-6-9(3)15-12/h6-7H,4-5,8H2,1-3H3,(H2,14,16). The number of nitrogens with two attached hydrogens (primary N) is 1. The number of pyridine rings is 1. The molecule has 0 aromatic carbocycles. The Labute approximate surface area is 112 Å². The molecule has 0 aliphatic rings. The number of rotatable bonds is 4. The zero-order valence-electron chi connectivity index (χ0n) is 11.6. The molecule has 0 aliphatic heterocycles. The van der Waals surface area contributed by atoms with Crippen LogP contribution >= 0.6 is 0 Å². The van der Waals surface area contributed by atoms with E-state index in [1.54, 1.807) is 9.47 Å². The van der Waals surface area contributed by atoms with E-state index in [2.05, 4.69) is 9.97 Å². The van der Waals surface area contributed by atoms with Gasteiger partial charge in [-0.15, -0.1) is 0 Å². The summed E-state index contributed by atoms with van der Waals surface area (Å²) >= 11 is 0. The Bertz CT molecular complexity index is 600. The lowest BCUT2D eigenvalue weighted by Gasteiger charge is -2.19. The van der Waals surface area contributed by atoms with Crippen molar-refractivity contribution in [1.29, 1.82) is 0 Å². The molecule has 2 N–H and O–H groups in total. The van der Waals surface area contributed by atoms with Gasteiger partial charge >= 0.3 is 0 Å². The van der Waals surface area contributed by atoms with Crippen molar-refractivity contribution in [2.75, 3.05) is 18.8 Å². The lowest BCUT2D eigenvalue weighted by Crippen LogP contribution is -2.33. The fourth-order valence-corrected chi connectivity index (χ4v) is 2.08. The molecule has 0 aliphatic carbocycles. The summed E-state index contributed by atoms with van der Waals surface area (Å²) in [7, 11) is 0. The van der Waals surface area contributed by atoms with Gasteiger partial charge < -0.3 is 10.6 Å². The molecule has 2 rings (SSSR count). The van der Waals surface area contributed by atoms with E-state index in [9.17, 15) is 4.79 Å². The number of nitrogen functional groups attached to an aromatic ring is 1. The Hall–Kier alpha value is -2.11. The van der Waals surface area contributed by atoms with E-state index < -0.39 is 0 Å². The summed E-state index contributed by atoms with van der Waals surface area (Å²) in [6.07, 6.45) is 0. The number of carbonyl (C=O) groups excluding carboxylic acids is 1. The minimum absolute atomic E-state index is 0.0271. The average molecular weight is 261 g/mol. The Kier molecular flexibility index (Phi) is 3.69. The molecule has 2 aromatic heterocycles. The summed E-state index contributed by atoms with van der Waals surface area (Å²) in [5, 5.41) is 0. The van der Waals surface area contributed by atoms with Gasteiger partial charge in [0.15, 0.2) is 5.65 Å². The predicted octanol–water partition coefficient (Wildman–Crippen LogP) is 1.19. The van der Waals surface area contributed by atoms with E-state index in [1.807, 2.05) is 32.9 Å². The van der Waals surface area contributed by atoms with Crippen molar-refractivity contribution in [2.45, 2.75) is 27.3 Å². The number of aromatic nitrogens is 3. The molecule has 0 fully saturated rings. The van der Waals surface area contributed by atoms with Gasteiger partial charge in [0.2, 0.25) is 11.9 Å². The summed E-state index contributed by atoms with van der Waals surface area (Å²) in [5.74, 6) is 0.355. The van der Waals surface area contributed by atoms with Gasteiger partial charge in [-0.2, -0.15) is 0 Å². The maximum absolute atomic E-state index is 12.1. The predicted molar refractivity (Wildman–Crippen MR) is 74.6 cm³/mol. The van der Waals surface area contributed by atoms with Gasteiger partial charge in [0.05, 0.1) is 0 Å². The van der Waals surface area contributed by atoms with E-state index in [-0.39, 0.29) is 12.5 Å². The molecule has 0 spiro atoms. The molecular weight excluding hydrogens is 242 g/mol. The molecule has 0 saturated heterocycles. The third-order valence-electron chi connectivity index (χ3n) is 3.17. The van der Waals surface area contributed by atoms with E-state index in [0.717, 1.165) is 11.2 Å². The van der Waals surface area contributed by atoms with Crippen LogP contribution in [0.2, 0.25) is 0 Å². The minimum Gasteiger partial charge on any atom is -0.369 e. The van der Waals surface area contributed by atoms with Gasteiger partial charge in [0.25, 0.3) is 0 Å². The molecule has 19 heavy (non-hydrogen) atoms. The van der Waals surface area contributed by atoms with Crippen molar-refractivity contribution in [2.24, 2.45) is 0 Å². The SMILES string of the molecule is CCN(CC)C(=O)Cn1c(N)nc2ccc(C)nc21. The molecule has 6 nitrogen and oxygen atoms in total. The topological polar surface area (TPSA) is 77.0 Å². The van der Waals surface area contributed by atoms with Crippen molar-refractivity contribution < 1.29 is 4.79 Å². The molecule has 0 radical (unpaired) electrons. The number of aryl methyl sites for hydroxylation is 1. The molecule has 102 valence electrons. The zero-order chi connectivity index (χ0) is 14.0. The fourth-order valence-electron chi connectivity index (χ4n) is 2.08. The van der Waals surface area contributed by atoms with Crippen LogP contribution in [0.1, 0.15) is 19.5 Å². The Balaban J connectivity index is 2.37. The molecule has 0 saturated carbocycles. The third-order valence-corrected chi connectivity index (χ3v) is 3.17. The quantitative estimate of drug-likeness (QED) is 0.896. The Morgan fingerprint density at radius 2 is 2.00 bits per heavy atom. The normalized spacial score (nSPS) is 10.9. The second-order valence-corrected chi connectivity index (χ2v) is 4.42. The first-order valence-electron chi connectivity index (χ1n) is 6.44. The number of nitrogens with zero attached hydrogens (tertiary/aromatic N) is 4. The summed E-state index contributed by atoms with van der Waals surface area (Å²) in [6, 6.07) is 3.75. The van der Waals surface area contributed by atoms with E-state index in [4.69, 9.17) is 5.73 Å². The van der Waals surface area contributed by atoms with Crippen LogP contribution in [0.4, 0.5) is 5.95 Å². The zero-order valence-corrected chi connectivity index (χ0v) is 11.6. The Morgan fingerprint density at radius 3 is 2.63 bits per heavy atom. The number of amides is 1. The summed E-state index contributed by atoms with van der Waals surface area (Å²) in [4.78, 5) is 22.5. The maximum atomic E-state index is 12.1. The molecule has 0 unspecified atom stereocenters. The molecule has 1 amide bonds. The van der Waals surface area contributed by atoms with Crippen molar-refractivity contribution in [3.63, 3.8) is 0 Å². The lowest BCUT2D eigenvalue weighted by molar-refractivity contribution is -0.131. The van der Waals surface area contributed by atoms with Crippen LogP contribution in [0.15, 0.2) is 12.1 Å². The van der Waals surface area contributed by atoms with Gasteiger partial charge in [-0.25, -0.2) is 9.97 Å². The van der Waals surface area contributed by atoms with Crippen LogP contribution in [0, 0.1) is 6.92 Å². The fraction of sp³-hybridized carbons (Fsp3) is 0.462. The van der Waals surface area contributed by atoms with E-state index in [0.29, 0.717) is 24.7 Å². The number of hydrogen-bond acceptors (Lipinski definition) is 4. The maximum Gasteiger partial charge on any atom is 0.242 e. The second-order valence-electron chi connectivity index (χ2n) is 4.42. The number of anilines is 1. The second kappa shape index (κ2) is 5.26. The van der Waals surface area contributed by atoms with E-state index in [1.165, 1.54) is 0 Å². The first-order valence-corrected chi connectivity index (χ1v) is 6.44. The van der Waals surface area contributed by atoms with Crippen LogP contribution < -0.4 is 5.73 Å². The summed E-state index contributed by atoms with van der Waals surface area (Å²) < 4.78 is 1.67. The molecule has 0 bridgehead atoms. The van der Waals surface area contributed by atoms with Crippen molar-refractivity contribution in [1.82, 2.24) is 19.4 Å². The van der Waals surface area contributed by atoms with Gasteiger partial charge in [-0.1, -0.05) is 0 Å². The highest BCUT2D eigenvalue weighted by molar-refractivity contribution is 5.80. The van der Waals surface area contributed by atoms with Crippen molar-refractivity contribution >= 4 is 23.0 Å². The highest BCUT2D eigenvalue weighted by atomic mass is 16.2. The first kappa shape index (κ1) is 13.3. The monoisotopic (exact) mass is 261 g/mol. The highest BCUT2D eigenvalue weighted by Gasteiger charge is 2.16. The molecular formula is C13H19N5O. The first-order chi connectivity index (χ1) is 9.06. The molecule has 2 heterocycles. The van der Waals surface area contributed by atoms with Crippen molar-refractivity contribution in [3.05, 3.63) is 17.8 Å². The highest BCUT2D eigenvalue weighted by Crippen LogP contribution is 2.16. The van der Waals surface area contributed by atoms with Gasteiger partial charge in [0, 0.05) is 18.8 Å². The van der Waals surface area contributed by atoms with Gasteiger partial charge in [-0.3, -0.25) is 9.36 Å². The van der Waals surface area contributed by atoms with Crippen molar-refractivity contribution in [3.8, 4) is 0 Å². The van der Waals surface area contributed by atoms with Crippen LogP contribution in [-0.2, 0) is 11.3 Å². The average Bonchev–Trinajstić information content (AvgIpc) is 2.67. The molecule has 2 aromatic rings. The number of likely N-dealkylation sites (N-methyl/N-ethyl adjacent to an activating group) is 1. The van der Waals surface area contributed by atoms with E-state index >= 15 is 0 Å². The van der Waals surface area contributed by atoms with Gasteiger partial charge in [-0.05, 0) is 32.9 Å². The minimum atomic E-state index is 0.0271. The smallest absolute Gasteiger partial charge is 0.242 e. The number of imidazole rings is 1. The molecule has 0 atom stereocenters. The van der Waals surface area contributed by atoms with Crippen LogP contribution in [0.3, 0.4) is 0 Å². The van der Waals surface area contributed by atoms with Gasteiger partial charge in [0.1, 0.15) is 12.1 Å². The third kappa shape index (κ3) is 2.52. The Morgan fingerprint density at radius 1 is 1.32 bits per heavy atom. The number of hydrogen-bond donors (Lipinski definition) is 1. The lowest BCUT2D eigenvalue weighted by atomic mass is 10.3. The molecule has 6 heteroatoms. The summed E-state index contributed by atoms with van der Waals surface area (Å²) in [6.45, 7) is 7.38. The van der Waals surface area contributed by atoms with Crippen LogP contribution in [0.5, 0.6) is 0 Å². The largest absolute Gasteiger partial charge is 0.369 e.